The van der Waals surface area contributed by atoms with Gasteiger partial charge in [0.2, 0.25) is 0 Å². The number of amides is 1. The lowest BCUT2D eigenvalue weighted by Gasteiger charge is -2.12. The molecule has 0 saturated carbocycles. The van der Waals surface area contributed by atoms with E-state index in [-0.39, 0.29) is 30.6 Å². The Labute approximate surface area is 188 Å². The van der Waals surface area contributed by atoms with Crippen molar-refractivity contribution in [1.29, 1.82) is 0 Å². The smallest absolute Gasteiger partial charge is 0.253 e. The van der Waals surface area contributed by atoms with Crippen molar-refractivity contribution in [2.24, 2.45) is 0 Å². The number of nitrogen functional groups attached to an aromatic ring is 1. The Morgan fingerprint density at radius 2 is 1.97 bits per heavy atom. The molecule has 1 amide bonds. The first kappa shape index (κ1) is 21.0. The third kappa shape index (κ3) is 4.73. The molecule has 4 rings (SSSR count). The van der Waals surface area contributed by atoms with Gasteiger partial charge in [0.05, 0.1) is 17.8 Å². The fourth-order valence-electron chi connectivity index (χ4n) is 3.03. The van der Waals surface area contributed by atoms with Crippen LogP contribution in [0.3, 0.4) is 0 Å². The third-order valence-corrected chi connectivity index (χ3v) is 5.36. The largest absolute Gasteiger partial charge is 0.485 e. The molecule has 9 heteroatoms. The van der Waals surface area contributed by atoms with Crippen LogP contribution in [-0.4, -0.2) is 20.3 Å². The first-order valence-corrected chi connectivity index (χ1v) is 10.2. The van der Waals surface area contributed by atoms with Crippen LogP contribution in [-0.2, 0) is 13.2 Å². The number of hydrogen-bond donors (Lipinski definition) is 2. The number of imidazole rings is 1. The Morgan fingerprint density at radius 1 is 1.19 bits per heavy atom. The quantitative estimate of drug-likeness (QED) is 0.448. The van der Waals surface area contributed by atoms with Gasteiger partial charge in [0, 0.05) is 34.2 Å². The minimum absolute atomic E-state index is 0.0934. The second kappa shape index (κ2) is 8.83. The van der Waals surface area contributed by atoms with Gasteiger partial charge in [-0.2, -0.15) is 0 Å². The van der Waals surface area contributed by atoms with E-state index in [0.717, 1.165) is 16.9 Å². The van der Waals surface area contributed by atoms with Crippen LogP contribution in [0.4, 0.5) is 5.82 Å². The van der Waals surface area contributed by atoms with Crippen molar-refractivity contribution in [2.75, 3.05) is 5.73 Å². The van der Waals surface area contributed by atoms with Gasteiger partial charge in [-0.1, -0.05) is 35.3 Å². The number of nitrogens with one attached hydrogen (secondary N) is 1. The molecule has 0 atom stereocenters. The number of ether oxygens (including phenoxy) is 1. The van der Waals surface area contributed by atoms with Crippen molar-refractivity contribution in [3.05, 3.63) is 87.4 Å². The van der Waals surface area contributed by atoms with Gasteiger partial charge in [-0.3, -0.25) is 4.79 Å². The second-order valence-corrected chi connectivity index (χ2v) is 7.80. The van der Waals surface area contributed by atoms with Gasteiger partial charge in [-0.25, -0.2) is 9.97 Å². The number of nitrogens with two attached hydrogens (primary N) is 1. The third-order valence-electron chi connectivity index (χ3n) is 4.66. The molecular formula is C22H19Cl2N5O2. The Balaban J connectivity index is 1.44. The number of carbonyl (C=O) groups excluding carboxylic acids is 1. The van der Waals surface area contributed by atoms with Crippen LogP contribution in [0.2, 0.25) is 10.0 Å². The van der Waals surface area contributed by atoms with Gasteiger partial charge in [-0.05, 0) is 36.8 Å². The normalized spacial score (nSPS) is 10.9. The lowest BCUT2D eigenvalue weighted by molar-refractivity contribution is 0.0949. The number of aryl methyl sites for hydroxylation is 1. The molecule has 0 aliphatic carbocycles. The van der Waals surface area contributed by atoms with Crippen LogP contribution >= 0.6 is 23.2 Å². The SMILES string of the molecule is Cc1ccc2nc(CNC(=O)c3cnc(N)c(OCc4c(Cl)cccc4Cl)c3)cn2c1. The van der Waals surface area contributed by atoms with Gasteiger partial charge >= 0.3 is 0 Å². The van der Waals surface area contributed by atoms with Crippen LogP contribution in [0.5, 0.6) is 5.75 Å². The monoisotopic (exact) mass is 455 g/mol. The number of hydrogen-bond acceptors (Lipinski definition) is 5. The number of nitrogens with zero attached hydrogens (tertiary/aromatic N) is 3. The van der Waals surface area contributed by atoms with Gasteiger partial charge < -0.3 is 20.2 Å². The van der Waals surface area contributed by atoms with Gasteiger partial charge in [-0.15, -0.1) is 0 Å². The van der Waals surface area contributed by atoms with E-state index in [4.69, 9.17) is 33.7 Å². The first-order chi connectivity index (χ1) is 14.9. The highest BCUT2D eigenvalue weighted by Gasteiger charge is 2.13. The summed E-state index contributed by atoms with van der Waals surface area (Å²) >= 11 is 12.3. The van der Waals surface area contributed by atoms with Gasteiger partial charge in [0.1, 0.15) is 12.3 Å². The van der Waals surface area contributed by atoms with E-state index in [1.165, 1.54) is 12.3 Å². The molecule has 0 unspecified atom stereocenters. The fourth-order valence-corrected chi connectivity index (χ4v) is 3.54. The number of pyridine rings is 2. The second-order valence-electron chi connectivity index (χ2n) is 6.98. The van der Waals surface area contributed by atoms with Crippen LogP contribution in [0.1, 0.15) is 27.2 Å². The van der Waals surface area contributed by atoms with Gasteiger partial charge in [0.15, 0.2) is 11.6 Å². The maximum Gasteiger partial charge on any atom is 0.253 e. The van der Waals surface area contributed by atoms with Crippen LogP contribution < -0.4 is 15.8 Å². The summed E-state index contributed by atoms with van der Waals surface area (Å²) in [7, 11) is 0. The summed E-state index contributed by atoms with van der Waals surface area (Å²) in [5.74, 6) is 0.114. The maximum atomic E-state index is 12.6. The van der Waals surface area contributed by atoms with Crippen molar-refractivity contribution in [3.63, 3.8) is 0 Å². The van der Waals surface area contributed by atoms with Crippen LogP contribution in [0.15, 0.2) is 55.0 Å². The zero-order valence-corrected chi connectivity index (χ0v) is 18.1. The molecule has 0 aliphatic heterocycles. The van der Waals surface area contributed by atoms with E-state index in [1.54, 1.807) is 18.2 Å². The van der Waals surface area contributed by atoms with E-state index in [9.17, 15) is 4.79 Å². The summed E-state index contributed by atoms with van der Waals surface area (Å²) in [4.78, 5) is 21.2. The Bertz CT molecular complexity index is 1250. The fraction of sp³-hybridized carbons (Fsp3) is 0.136. The molecule has 4 aromatic rings. The van der Waals surface area contributed by atoms with Crippen molar-refractivity contribution in [3.8, 4) is 5.75 Å². The van der Waals surface area contributed by atoms with Gasteiger partial charge in [0.25, 0.3) is 5.91 Å². The van der Waals surface area contributed by atoms with E-state index < -0.39 is 0 Å². The Morgan fingerprint density at radius 3 is 2.74 bits per heavy atom. The molecule has 0 bridgehead atoms. The minimum Gasteiger partial charge on any atom is -0.485 e. The van der Waals surface area contributed by atoms with E-state index in [0.29, 0.717) is 21.2 Å². The van der Waals surface area contributed by atoms with E-state index in [2.05, 4.69) is 15.3 Å². The predicted octanol–water partition coefficient (Wildman–Crippen LogP) is 4.44. The number of halogens is 2. The molecule has 3 heterocycles. The molecule has 3 aromatic heterocycles. The average Bonchev–Trinajstić information content (AvgIpc) is 3.14. The molecule has 3 N–H and O–H groups in total. The summed E-state index contributed by atoms with van der Waals surface area (Å²) in [6.45, 7) is 2.37. The number of rotatable bonds is 6. The van der Waals surface area contributed by atoms with Crippen molar-refractivity contribution in [1.82, 2.24) is 19.7 Å². The standard InChI is InChI=1S/C22H19Cl2N5O2/c1-13-5-6-20-28-15(11-29(20)10-13)9-27-22(30)14-7-19(21(25)26-8-14)31-12-16-17(23)3-2-4-18(16)24/h2-8,10-11H,9,12H2,1H3,(H2,25,26)(H,27,30). The molecule has 0 radical (unpaired) electrons. The van der Waals surface area contributed by atoms with E-state index >= 15 is 0 Å². The number of fused-ring (bicyclic) bond motifs is 1. The number of benzene rings is 1. The molecule has 7 nitrogen and oxygen atoms in total. The molecular weight excluding hydrogens is 437 g/mol. The highest BCUT2D eigenvalue weighted by molar-refractivity contribution is 6.35. The predicted molar refractivity (Wildman–Crippen MR) is 121 cm³/mol. The van der Waals surface area contributed by atoms with Crippen molar-refractivity contribution < 1.29 is 9.53 Å². The first-order valence-electron chi connectivity index (χ1n) is 9.44. The molecule has 0 spiro atoms. The summed E-state index contributed by atoms with van der Waals surface area (Å²) in [6.07, 6.45) is 5.26. The zero-order valence-electron chi connectivity index (χ0n) is 16.6. The molecule has 31 heavy (non-hydrogen) atoms. The number of aromatic nitrogens is 3. The van der Waals surface area contributed by atoms with Crippen LogP contribution in [0.25, 0.3) is 5.65 Å². The summed E-state index contributed by atoms with van der Waals surface area (Å²) in [6, 6.07) is 10.6. The Hall–Kier alpha value is -3.29. The Kier molecular flexibility index (Phi) is 5.97. The van der Waals surface area contributed by atoms with Crippen molar-refractivity contribution >= 4 is 40.6 Å². The number of anilines is 1. The lowest BCUT2D eigenvalue weighted by Crippen LogP contribution is -2.23. The summed E-state index contributed by atoms with van der Waals surface area (Å²) < 4.78 is 7.66. The highest BCUT2D eigenvalue weighted by Crippen LogP contribution is 2.27. The molecule has 0 saturated heterocycles. The molecule has 0 aliphatic rings. The zero-order chi connectivity index (χ0) is 22.0. The summed E-state index contributed by atoms with van der Waals surface area (Å²) in [5.41, 5.74) is 9.53. The number of carbonyl (C=O) groups is 1. The maximum absolute atomic E-state index is 12.6. The molecule has 1 aromatic carbocycles. The van der Waals surface area contributed by atoms with E-state index in [1.807, 2.05) is 35.9 Å². The summed E-state index contributed by atoms with van der Waals surface area (Å²) in [5, 5.41) is 3.80. The molecule has 0 fully saturated rings. The van der Waals surface area contributed by atoms with Crippen LogP contribution in [0, 0.1) is 6.92 Å². The molecule has 158 valence electrons. The minimum atomic E-state index is -0.318. The topological polar surface area (TPSA) is 94.5 Å². The average molecular weight is 456 g/mol. The lowest BCUT2D eigenvalue weighted by atomic mass is 10.2. The van der Waals surface area contributed by atoms with Crippen molar-refractivity contribution in [2.45, 2.75) is 20.1 Å². The highest BCUT2D eigenvalue weighted by atomic mass is 35.5.